The largest absolute Gasteiger partial charge is 0.379 e. The van der Waals surface area contributed by atoms with E-state index >= 15 is 0 Å². The van der Waals surface area contributed by atoms with Gasteiger partial charge in [-0.15, -0.1) is 10.2 Å². The standard InChI is InChI=1S/C17H23N5O2/c1-13-8-9-14(15(12-13)22(23)24)18-10-5-7-17-20-19-16-6-3-2-4-11-21(16)17/h8-9,12,18H,2-7,10-11H2,1H3. The molecule has 128 valence electrons. The lowest BCUT2D eigenvalue weighted by Crippen LogP contribution is -2.09. The van der Waals surface area contributed by atoms with Crippen molar-refractivity contribution in [3.63, 3.8) is 0 Å². The van der Waals surface area contributed by atoms with E-state index in [1.165, 1.54) is 19.3 Å². The Morgan fingerprint density at radius 1 is 1.29 bits per heavy atom. The summed E-state index contributed by atoms with van der Waals surface area (Å²) in [4.78, 5) is 10.8. The molecule has 2 heterocycles. The van der Waals surface area contributed by atoms with Crippen LogP contribution in [0.15, 0.2) is 18.2 Å². The number of fused-ring (bicyclic) bond motifs is 1. The zero-order chi connectivity index (χ0) is 16.9. The van der Waals surface area contributed by atoms with Gasteiger partial charge in [-0.25, -0.2) is 0 Å². The first kappa shape index (κ1) is 16.4. The molecule has 0 fully saturated rings. The van der Waals surface area contributed by atoms with Gasteiger partial charge in [-0.1, -0.05) is 12.5 Å². The Kier molecular flexibility index (Phi) is 5.08. The predicted molar refractivity (Wildman–Crippen MR) is 92.2 cm³/mol. The molecule has 2 aromatic rings. The van der Waals surface area contributed by atoms with Crippen molar-refractivity contribution in [1.29, 1.82) is 0 Å². The number of rotatable bonds is 6. The van der Waals surface area contributed by atoms with Crippen LogP contribution in [0.4, 0.5) is 11.4 Å². The normalized spacial score (nSPS) is 14.0. The highest BCUT2D eigenvalue weighted by atomic mass is 16.6. The van der Waals surface area contributed by atoms with Crippen molar-refractivity contribution in [3.05, 3.63) is 45.5 Å². The summed E-state index contributed by atoms with van der Waals surface area (Å²) in [6.45, 7) is 3.54. The zero-order valence-corrected chi connectivity index (χ0v) is 14.0. The first-order valence-corrected chi connectivity index (χ1v) is 8.55. The fourth-order valence-corrected chi connectivity index (χ4v) is 3.14. The highest BCUT2D eigenvalue weighted by Gasteiger charge is 2.15. The molecule has 3 rings (SSSR count). The van der Waals surface area contributed by atoms with Gasteiger partial charge in [0, 0.05) is 32.0 Å². The molecule has 1 aliphatic rings. The minimum atomic E-state index is -0.340. The Bertz CT molecular complexity index is 726. The maximum Gasteiger partial charge on any atom is 0.292 e. The third-order valence-corrected chi connectivity index (χ3v) is 4.43. The summed E-state index contributed by atoms with van der Waals surface area (Å²) in [5.41, 5.74) is 1.59. The van der Waals surface area contributed by atoms with Crippen LogP contribution < -0.4 is 5.32 Å². The topological polar surface area (TPSA) is 85.9 Å². The van der Waals surface area contributed by atoms with Crippen LogP contribution >= 0.6 is 0 Å². The van der Waals surface area contributed by atoms with E-state index in [-0.39, 0.29) is 10.6 Å². The molecule has 7 heteroatoms. The Morgan fingerprint density at radius 3 is 3.00 bits per heavy atom. The van der Waals surface area contributed by atoms with Crippen LogP contribution in [0.3, 0.4) is 0 Å². The molecule has 1 aliphatic heterocycles. The molecule has 24 heavy (non-hydrogen) atoms. The van der Waals surface area contributed by atoms with Crippen LogP contribution in [0, 0.1) is 17.0 Å². The number of benzene rings is 1. The first-order chi connectivity index (χ1) is 11.6. The molecule has 0 aliphatic carbocycles. The van der Waals surface area contributed by atoms with Crippen molar-refractivity contribution < 1.29 is 4.92 Å². The van der Waals surface area contributed by atoms with E-state index in [1.807, 2.05) is 13.0 Å². The van der Waals surface area contributed by atoms with Crippen molar-refractivity contribution in [2.75, 3.05) is 11.9 Å². The summed E-state index contributed by atoms with van der Waals surface area (Å²) < 4.78 is 2.25. The van der Waals surface area contributed by atoms with E-state index in [0.717, 1.165) is 43.0 Å². The summed E-state index contributed by atoms with van der Waals surface area (Å²) in [7, 11) is 0. The van der Waals surface area contributed by atoms with E-state index in [2.05, 4.69) is 20.1 Å². The van der Waals surface area contributed by atoms with Crippen molar-refractivity contribution in [2.24, 2.45) is 0 Å². The van der Waals surface area contributed by atoms with E-state index in [9.17, 15) is 10.1 Å². The molecule has 1 N–H and O–H groups in total. The number of nitrogens with one attached hydrogen (secondary N) is 1. The average molecular weight is 329 g/mol. The highest BCUT2D eigenvalue weighted by Crippen LogP contribution is 2.25. The Balaban J connectivity index is 1.57. The SMILES string of the molecule is Cc1ccc(NCCCc2nnc3n2CCCCC3)c([N+](=O)[O-])c1. The van der Waals surface area contributed by atoms with Gasteiger partial charge >= 0.3 is 0 Å². The minimum absolute atomic E-state index is 0.131. The maximum atomic E-state index is 11.1. The Morgan fingerprint density at radius 2 is 2.17 bits per heavy atom. The number of hydrogen-bond donors (Lipinski definition) is 1. The van der Waals surface area contributed by atoms with Gasteiger partial charge in [0.2, 0.25) is 0 Å². The van der Waals surface area contributed by atoms with Gasteiger partial charge in [0.15, 0.2) is 0 Å². The number of nitrogens with zero attached hydrogens (tertiary/aromatic N) is 4. The molecule has 1 aromatic carbocycles. The number of anilines is 1. The molecule has 0 atom stereocenters. The van der Waals surface area contributed by atoms with E-state index < -0.39 is 0 Å². The first-order valence-electron chi connectivity index (χ1n) is 8.55. The Labute approximate surface area is 141 Å². The van der Waals surface area contributed by atoms with Crippen molar-refractivity contribution >= 4 is 11.4 Å². The summed E-state index contributed by atoms with van der Waals surface area (Å²) in [6.07, 6.45) is 6.34. The molecule has 7 nitrogen and oxygen atoms in total. The smallest absolute Gasteiger partial charge is 0.292 e. The van der Waals surface area contributed by atoms with Crippen molar-refractivity contribution in [2.45, 2.75) is 52.0 Å². The van der Waals surface area contributed by atoms with Crippen LogP contribution in [-0.2, 0) is 19.4 Å². The molecule has 0 unspecified atom stereocenters. The monoisotopic (exact) mass is 329 g/mol. The van der Waals surface area contributed by atoms with Gasteiger partial charge in [-0.3, -0.25) is 10.1 Å². The van der Waals surface area contributed by atoms with E-state index in [0.29, 0.717) is 12.2 Å². The number of hydrogen-bond acceptors (Lipinski definition) is 5. The molecule has 0 saturated heterocycles. The molecule has 0 spiro atoms. The molecule has 0 bridgehead atoms. The van der Waals surface area contributed by atoms with Crippen LogP contribution in [-0.4, -0.2) is 26.2 Å². The van der Waals surface area contributed by atoms with Gasteiger partial charge in [0.05, 0.1) is 4.92 Å². The van der Waals surface area contributed by atoms with Crippen molar-refractivity contribution in [3.8, 4) is 0 Å². The highest BCUT2D eigenvalue weighted by molar-refractivity contribution is 5.62. The molecule has 0 radical (unpaired) electrons. The fraction of sp³-hybridized carbons (Fsp3) is 0.529. The second-order valence-corrected chi connectivity index (χ2v) is 6.30. The van der Waals surface area contributed by atoms with Gasteiger partial charge in [-0.2, -0.15) is 0 Å². The lowest BCUT2D eigenvalue weighted by molar-refractivity contribution is -0.384. The van der Waals surface area contributed by atoms with Gasteiger partial charge in [0.25, 0.3) is 5.69 Å². The third-order valence-electron chi connectivity index (χ3n) is 4.43. The molecule has 0 amide bonds. The van der Waals surface area contributed by atoms with E-state index in [1.54, 1.807) is 12.1 Å². The molecule has 0 saturated carbocycles. The zero-order valence-electron chi connectivity index (χ0n) is 14.0. The van der Waals surface area contributed by atoms with Gasteiger partial charge in [-0.05, 0) is 37.8 Å². The van der Waals surface area contributed by atoms with Crippen LogP contribution in [0.2, 0.25) is 0 Å². The minimum Gasteiger partial charge on any atom is -0.379 e. The second-order valence-electron chi connectivity index (χ2n) is 6.30. The second kappa shape index (κ2) is 7.42. The molecule has 1 aromatic heterocycles. The fourth-order valence-electron chi connectivity index (χ4n) is 3.14. The summed E-state index contributed by atoms with van der Waals surface area (Å²) >= 11 is 0. The van der Waals surface area contributed by atoms with Crippen LogP contribution in [0.5, 0.6) is 0 Å². The van der Waals surface area contributed by atoms with Gasteiger partial charge < -0.3 is 9.88 Å². The van der Waals surface area contributed by atoms with Crippen LogP contribution in [0.1, 0.15) is 42.9 Å². The number of nitro groups is 1. The molecular formula is C17H23N5O2. The van der Waals surface area contributed by atoms with Gasteiger partial charge in [0.1, 0.15) is 17.3 Å². The third kappa shape index (κ3) is 3.72. The number of aromatic nitrogens is 3. The molecular weight excluding hydrogens is 306 g/mol. The van der Waals surface area contributed by atoms with E-state index in [4.69, 9.17) is 0 Å². The average Bonchev–Trinajstić information content (AvgIpc) is 2.79. The quantitative estimate of drug-likeness (QED) is 0.499. The lowest BCUT2D eigenvalue weighted by atomic mass is 10.2. The number of nitro benzene ring substituents is 1. The van der Waals surface area contributed by atoms with Crippen LogP contribution in [0.25, 0.3) is 0 Å². The summed E-state index contributed by atoms with van der Waals surface area (Å²) in [5, 5.41) is 22.9. The predicted octanol–water partition coefficient (Wildman–Crippen LogP) is 3.27. The Hall–Kier alpha value is -2.44. The maximum absolute atomic E-state index is 11.1. The number of aryl methyl sites for hydroxylation is 3. The summed E-state index contributed by atoms with van der Waals surface area (Å²) in [5.74, 6) is 2.14. The summed E-state index contributed by atoms with van der Waals surface area (Å²) in [6, 6.07) is 5.26. The lowest BCUT2D eigenvalue weighted by Gasteiger charge is -2.09. The van der Waals surface area contributed by atoms with Crippen molar-refractivity contribution in [1.82, 2.24) is 14.8 Å².